The minimum absolute atomic E-state index is 0.106. The van der Waals surface area contributed by atoms with Crippen LogP contribution in [0, 0.1) is 17.2 Å². The third kappa shape index (κ3) is 3.97. The molecule has 0 fully saturated rings. The third-order valence-electron chi connectivity index (χ3n) is 5.34. The summed E-state index contributed by atoms with van der Waals surface area (Å²) in [5.41, 5.74) is 2.43. The van der Waals surface area contributed by atoms with Crippen LogP contribution in [0.2, 0.25) is 0 Å². The maximum atomic E-state index is 12.9. The molecule has 0 bridgehead atoms. The van der Waals surface area contributed by atoms with E-state index in [-0.39, 0.29) is 24.4 Å². The van der Waals surface area contributed by atoms with Gasteiger partial charge in [0.1, 0.15) is 12.6 Å². The van der Waals surface area contributed by atoms with Crippen LogP contribution in [0.4, 0.5) is 0 Å². The highest BCUT2D eigenvalue weighted by atomic mass is 16.5. The first kappa shape index (κ1) is 19.8. The second-order valence-electron chi connectivity index (χ2n) is 7.85. The SMILES string of the molecule is CC(C)C(NC(=O)Cn1cc(C#N)c2ccccc21)c1ccc2c(c1)OCCCO2. The molecular formula is C24H25N3O3. The number of nitrogens with zero attached hydrogens (tertiary/aromatic N) is 2. The topological polar surface area (TPSA) is 76.3 Å². The van der Waals surface area contributed by atoms with E-state index in [2.05, 4.69) is 25.2 Å². The standard InChI is InChI=1S/C24H25N3O3/c1-16(2)24(17-8-9-21-22(12-17)30-11-5-10-29-21)26-23(28)15-27-14-18(13-25)19-6-3-4-7-20(19)27/h3-4,6-9,12,14,16,24H,5,10-11,15H2,1-2H3,(H,26,28). The van der Waals surface area contributed by atoms with E-state index < -0.39 is 0 Å². The largest absolute Gasteiger partial charge is 0.490 e. The number of hydrogen-bond donors (Lipinski definition) is 1. The number of fused-ring (bicyclic) bond motifs is 2. The van der Waals surface area contributed by atoms with Crippen molar-refractivity contribution in [3.63, 3.8) is 0 Å². The predicted octanol–water partition coefficient (Wildman–Crippen LogP) is 4.19. The zero-order valence-electron chi connectivity index (χ0n) is 17.2. The molecule has 154 valence electrons. The van der Waals surface area contributed by atoms with E-state index in [0.717, 1.165) is 34.4 Å². The lowest BCUT2D eigenvalue weighted by atomic mass is 9.95. The Kier molecular flexibility index (Phi) is 5.62. The number of para-hydroxylation sites is 1. The summed E-state index contributed by atoms with van der Waals surface area (Å²) < 4.78 is 13.4. The smallest absolute Gasteiger partial charge is 0.240 e. The minimum Gasteiger partial charge on any atom is -0.490 e. The van der Waals surface area contributed by atoms with E-state index in [1.807, 2.05) is 47.0 Å². The molecule has 6 nitrogen and oxygen atoms in total. The van der Waals surface area contributed by atoms with Crippen LogP contribution in [0.25, 0.3) is 10.9 Å². The number of ether oxygens (including phenoxy) is 2. The predicted molar refractivity (Wildman–Crippen MR) is 114 cm³/mol. The number of carbonyl (C=O) groups is 1. The molecule has 4 rings (SSSR count). The molecule has 6 heteroatoms. The van der Waals surface area contributed by atoms with Crippen molar-refractivity contribution in [1.82, 2.24) is 9.88 Å². The highest BCUT2D eigenvalue weighted by Crippen LogP contribution is 2.34. The molecule has 1 aliphatic rings. The summed E-state index contributed by atoms with van der Waals surface area (Å²) in [6, 6.07) is 15.5. The van der Waals surface area contributed by atoms with E-state index in [0.29, 0.717) is 18.8 Å². The Morgan fingerprint density at radius 1 is 1.17 bits per heavy atom. The van der Waals surface area contributed by atoms with Gasteiger partial charge in [-0.05, 0) is 29.7 Å². The zero-order chi connectivity index (χ0) is 21.1. The van der Waals surface area contributed by atoms with Gasteiger partial charge in [0.05, 0.1) is 24.8 Å². The van der Waals surface area contributed by atoms with Gasteiger partial charge in [0.15, 0.2) is 11.5 Å². The van der Waals surface area contributed by atoms with Crippen LogP contribution in [0.1, 0.15) is 37.4 Å². The van der Waals surface area contributed by atoms with Crippen LogP contribution in [0.15, 0.2) is 48.7 Å². The first-order valence-electron chi connectivity index (χ1n) is 10.2. The average Bonchev–Trinajstić information content (AvgIpc) is 2.92. The van der Waals surface area contributed by atoms with E-state index in [4.69, 9.17) is 9.47 Å². The van der Waals surface area contributed by atoms with Crippen LogP contribution >= 0.6 is 0 Å². The summed E-state index contributed by atoms with van der Waals surface area (Å²) >= 11 is 0. The third-order valence-corrected chi connectivity index (χ3v) is 5.34. The fourth-order valence-corrected chi connectivity index (χ4v) is 3.85. The lowest BCUT2D eigenvalue weighted by molar-refractivity contribution is -0.122. The van der Waals surface area contributed by atoms with E-state index in [9.17, 15) is 10.1 Å². The molecule has 1 N–H and O–H groups in total. The average molecular weight is 403 g/mol. The first-order chi connectivity index (χ1) is 14.6. The number of hydrogen-bond acceptors (Lipinski definition) is 4. The molecule has 1 aliphatic heterocycles. The molecule has 0 spiro atoms. The van der Waals surface area contributed by atoms with Gasteiger partial charge in [0, 0.05) is 23.5 Å². The molecule has 2 heterocycles. The summed E-state index contributed by atoms with van der Waals surface area (Å²) in [4.78, 5) is 12.9. The number of nitriles is 1. The Labute approximate surface area is 176 Å². The van der Waals surface area contributed by atoms with Gasteiger partial charge in [0.25, 0.3) is 0 Å². The second kappa shape index (κ2) is 8.50. The lowest BCUT2D eigenvalue weighted by Crippen LogP contribution is -2.34. The molecule has 2 aromatic carbocycles. The van der Waals surface area contributed by atoms with Crippen molar-refractivity contribution in [2.75, 3.05) is 13.2 Å². The molecular weight excluding hydrogens is 378 g/mol. The molecule has 0 radical (unpaired) electrons. The summed E-state index contributed by atoms with van der Waals surface area (Å²) in [7, 11) is 0. The van der Waals surface area contributed by atoms with Crippen LogP contribution in [0.3, 0.4) is 0 Å². The van der Waals surface area contributed by atoms with Gasteiger partial charge in [0.2, 0.25) is 5.91 Å². The Morgan fingerprint density at radius 2 is 1.93 bits per heavy atom. The van der Waals surface area contributed by atoms with E-state index in [1.54, 1.807) is 6.20 Å². The molecule has 0 saturated heterocycles. The summed E-state index contributed by atoms with van der Waals surface area (Å²) in [5, 5.41) is 13.4. The Balaban J connectivity index is 1.55. The van der Waals surface area contributed by atoms with E-state index in [1.165, 1.54) is 0 Å². The maximum Gasteiger partial charge on any atom is 0.240 e. The van der Waals surface area contributed by atoms with E-state index >= 15 is 0 Å². The summed E-state index contributed by atoms with van der Waals surface area (Å²) in [6.07, 6.45) is 2.59. The van der Waals surface area contributed by atoms with Gasteiger partial charge in [-0.2, -0.15) is 5.26 Å². The highest BCUT2D eigenvalue weighted by molar-refractivity contribution is 5.88. The van der Waals surface area contributed by atoms with Gasteiger partial charge in [-0.25, -0.2) is 0 Å². The number of nitrogens with one attached hydrogen (secondary N) is 1. The zero-order valence-corrected chi connectivity index (χ0v) is 17.2. The lowest BCUT2D eigenvalue weighted by Gasteiger charge is -2.24. The summed E-state index contributed by atoms with van der Waals surface area (Å²) in [5.74, 6) is 1.55. The molecule has 1 aromatic heterocycles. The number of aromatic nitrogens is 1. The Morgan fingerprint density at radius 3 is 2.70 bits per heavy atom. The van der Waals surface area contributed by atoms with Crippen molar-refractivity contribution >= 4 is 16.8 Å². The van der Waals surface area contributed by atoms with Gasteiger partial charge in [-0.15, -0.1) is 0 Å². The van der Waals surface area contributed by atoms with Gasteiger partial charge >= 0.3 is 0 Å². The molecule has 1 unspecified atom stereocenters. The normalized spacial score (nSPS) is 14.2. The fraction of sp³-hybridized carbons (Fsp3) is 0.333. The van der Waals surface area contributed by atoms with Crippen molar-refractivity contribution in [2.45, 2.75) is 32.9 Å². The van der Waals surface area contributed by atoms with Gasteiger partial charge in [-0.3, -0.25) is 4.79 Å². The summed E-state index contributed by atoms with van der Waals surface area (Å²) in [6.45, 7) is 5.57. The first-order valence-corrected chi connectivity index (χ1v) is 10.2. The quantitative estimate of drug-likeness (QED) is 0.693. The molecule has 1 amide bonds. The number of rotatable bonds is 5. The molecule has 1 atom stereocenters. The van der Waals surface area contributed by atoms with Crippen molar-refractivity contribution in [1.29, 1.82) is 5.26 Å². The monoisotopic (exact) mass is 403 g/mol. The van der Waals surface area contributed by atoms with Gasteiger partial charge < -0.3 is 19.4 Å². The molecule has 0 saturated carbocycles. The van der Waals surface area contributed by atoms with Crippen molar-refractivity contribution < 1.29 is 14.3 Å². The van der Waals surface area contributed by atoms with Gasteiger partial charge in [-0.1, -0.05) is 38.1 Å². The fourth-order valence-electron chi connectivity index (χ4n) is 3.85. The maximum absolute atomic E-state index is 12.9. The Hall–Kier alpha value is -3.46. The number of amides is 1. The number of benzene rings is 2. The molecule has 30 heavy (non-hydrogen) atoms. The van der Waals surface area contributed by atoms with Crippen LogP contribution in [0.5, 0.6) is 11.5 Å². The Bertz CT molecular complexity index is 1110. The van der Waals surface area contributed by atoms with Crippen molar-refractivity contribution in [3.05, 3.63) is 59.8 Å². The van der Waals surface area contributed by atoms with Crippen LogP contribution in [-0.2, 0) is 11.3 Å². The highest BCUT2D eigenvalue weighted by Gasteiger charge is 2.22. The second-order valence-corrected chi connectivity index (χ2v) is 7.85. The van der Waals surface area contributed by atoms with Crippen molar-refractivity contribution in [2.24, 2.45) is 5.92 Å². The number of carbonyl (C=O) groups excluding carboxylic acids is 1. The van der Waals surface area contributed by atoms with Crippen molar-refractivity contribution in [3.8, 4) is 17.6 Å². The minimum atomic E-state index is -0.160. The molecule has 3 aromatic rings. The van der Waals surface area contributed by atoms with Crippen LogP contribution in [-0.4, -0.2) is 23.7 Å². The van der Waals surface area contributed by atoms with Crippen LogP contribution < -0.4 is 14.8 Å². The molecule has 0 aliphatic carbocycles.